The molecule has 1 aromatic heterocycles. The van der Waals surface area contributed by atoms with Gasteiger partial charge < -0.3 is 15.2 Å². The number of aromatic nitrogens is 1. The second-order valence-electron chi connectivity index (χ2n) is 3.58. The summed E-state index contributed by atoms with van der Waals surface area (Å²) in [5.41, 5.74) is 0.500. The second-order valence-corrected chi connectivity index (χ2v) is 3.58. The standard InChI is InChI=1S/C12H16N2O4/c1-2-18-12-9(5-4-8-13-12)14-10(15)6-3-7-11(16)17/h4-5,8H,2-3,6-7H2,1H3,(H,14,15)(H,16,17). The molecule has 0 aromatic carbocycles. The van der Waals surface area contributed by atoms with Crippen molar-refractivity contribution >= 4 is 17.6 Å². The van der Waals surface area contributed by atoms with Gasteiger partial charge in [-0.25, -0.2) is 4.98 Å². The van der Waals surface area contributed by atoms with E-state index in [1.807, 2.05) is 6.92 Å². The molecule has 0 bridgehead atoms. The highest BCUT2D eigenvalue weighted by molar-refractivity contribution is 5.92. The van der Waals surface area contributed by atoms with Crippen LogP contribution in [0.3, 0.4) is 0 Å². The highest BCUT2D eigenvalue weighted by Gasteiger charge is 2.08. The maximum Gasteiger partial charge on any atom is 0.303 e. The number of anilines is 1. The van der Waals surface area contributed by atoms with Crippen LogP contribution in [0.2, 0.25) is 0 Å². The number of nitrogens with zero attached hydrogens (tertiary/aromatic N) is 1. The summed E-state index contributed by atoms with van der Waals surface area (Å²) in [5, 5.41) is 11.1. The third-order valence-electron chi connectivity index (χ3n) is 2.12. The lowest BCUT2D eigenvalue weighted by molar-refractivity contribution is -0.137. The Morgan fingerprint density at radius 1 is 1.44 bits per heavy atom. The summed E-state index contributed by atoms with van der Waals surface area (Å²) >= 11 is 0. The molecule has 6 heteroatoms. The quantitative estimate of drug-likeness (QED) is 0.770. The van der Waals surface area contributed by atoms with E-state index >= 15 is 0 Å². The fourth-order valence-corrected chi connectivity index (χ4v) is 1.35. The summed E-state index contributed by atoms with van der Waals surface area (Å²) in [6.45, 7) is 2.28. The lowest BCUT2D eigenvalue weighted by Crippen LogP contribution is -2.13. The smallest absolute Gasteiger partial charge is 0.303 e. The summed E-state index contributed by atoms with van der Waals surface area (Å²) in [6.07, 6.45) is 2.03. The minimum Gasteiger partial charge on any atom is -0.481 e. The van der Waals surface area contributed by atoms with Crippen LogP contribution in [0.1, 0.15) is 26.2 Å². The average Bonchev–Trinajstić information content (AvgIpc) is 2.31. The number of hydrogen-bond acceptors (Lipinski definition) is 4. The number of nitrogens with one attached hydrogen (secondary N) is 1. The summed E-state index contributed by atoms with van der Waals surface area (Å²) in [7, 11) is 0. The van der Waals surface area contributed by atoms with Crippen molar-refractivity contribution in [2.45, 2.75) is 26.2 Å². The van der Waals surface area contributed by atoms with Crippen LogP contribution in [0.25, 0.3) is 0 Å². The molecule has 6 nitrogen and oxygen atoms in total. The molecule has 18 heavy (non-hydrogen) atoms. The predicted molar refractivity (Wildman–Crippen MR) is 65.5 cm³/mol. The van der Waals surface area contributed by atoms with E-state index in [0.717, 1.165) is 0 Å². The summed E-state index contributed by atoms with van der Waals surface area (Å²) in [4.78, 5) is 25.9. The van der Waals surface area contributed by atoms with Gasteiger partial charge in [-0.1, -0.05) is 0 Å². The molecule has 1 aromatic rings. The van der Waals surface area contributed by atoms with Gasteiger partial charge in [-0.2, -0.15) is 0 Å². The van der Waals surface area contributed by atoms with Gasteiger partial charge in [-0.15, -0.1) is 0 Å². The molecule has 0 unspecified atom stereocenters. The zero-order chi connectivity index (χ0) is 13.4. The molecule has 98 valence electrons. The monoisotopic (exact) mass is 252 g/mol. The molecule has 0 spiro atoms. The number of carbonyl (C=O) groups is 2. The Hall–Kier alpha value is -2.11. The Kier molecular flexibility index (Phi) is 5.63. The minimum atomic E-state index is -0.904. The largest absolute Gasteiger partial charge is 0.481 e. The number of aliphatic carboxylic acids is 1. The Bertz CT molecular complexity index is 420. The maximum absolute atomic E-state index is 11.6. The van der Waals surface area contributed by atoms with Crippen LogP contribution in [-0.2, 0) is 9.59 Å². The van der Waals surface area contributed by atoms with E-state index in [2.05, 4.69) is 10.3 Å². The van der Waals surface area contributed by atoms with Crippen molar-refractivity contribution in [1.82, 2.24) is 4.98 Å². The normalized spacial score (nSPS) is 9.83. The molecule has 0 fully saturated rings. The minimum absolute atomic E-state index is 0.0151. The van der Waals surface area contributed by atoms with Gasteiger partial charge in [-0.3, -0.25) is 9.59 Å². The molecule has 0 radical (unpaired) electrons. The van der Waals surface area contributed by atoms with Crippen molar-refractivity contribution in [3.63, 3.8) is 0 Å². The van der Waals surface area contributed by atoms with Crippen molar-refractivity contribution in [2.75, 3.05) is 11.9 Å². The first-order valence-electron chi connectivity index (χ1n) is 5.73. The number of amides is 1. The Morgan fingerprint density at radius 2 is 2.22 bits per heavy atom. The van der Waals surface area contributed by atoms with Crippen molar-refractivity contribution in [3.05, 3.63) is 18.3 Å². The molecule has 0 saturated heterocycles. The molecule has 1 rings (SSSR count). The van der Waals surface area contributed by atoms with Crippen LogP contribution in [0.4, 0.5) is 5.69 Å². The summed E-state index contributed by atoms with van der Waals surface area (Å²) in [5.74, 6) is -0.782. The van der Waals surface area contributed by atoms with Crippen molar-refractivity contribution in [2.24, 2.45) is 0 Å². The van der Waals surface area contributed by atoms with Gasteiger partial charge in [0.15, 0.2) is 0 Å². The van der Waals surface area contributed by atoms with E-state index in [4.69, 9.17) is 9.84 Å². The van der Waals surface area contributed by atoms with Crippen LogP contribution in [-0.4, -0.2) is 28.6 Å². The number of rotatable bonds is 7. The summed E-state index contributed by atoms with van der Waals surface area (Å²) < 4.78 is 5.26. The molecule has 0 aliphatic carbocycles. The van der Waals surface area contributed by atoms with E-state index < -0.39 is 5.97 Å². The Labute approximate surface area is 105 Å². The van der Waals surface area contributed by atoms with Crippen LogP contribution >= 0.6 is 0 Å². The number of carboxylic acid groups (broad SMARTS) is 1. The number of carbonyl (C=O) groups excluding carboxylic acids is 1. The molecular formula is C12H16N2O4. The van der Waals surface area contributed by atoms with E-state index in [0.29, 0.717) is 24.6 Å². The third-order valence-corrected chi connectivity index (χ3v) is 2.12. The van der Waals surface area contributed by atoms with Gasteiger partial charge in [-0.05, 0) is 25.5 Å². The van der Waals surface area contributed by atoms with Gasteiger partial charge >= 0.3 is 5.97 Å². The van der Waals surface area contributed by atoms with Gasteiger partial charge in [0.25, 0.3) is 0 Å². The molecule has 0 aliphatic rings. The fourth-order valence-electron chi connectivity index (χ4n) is 1.35. The summed E-state index contributed by atoms with van der Waals surface area (Å²) in [6, 6.07) is 3.38. The van der Waals surface area contributed by atoms with Gasteiger partial charge in [0, 0.05) is 19.0 Å². The number of ether oxygens (including phenoxy) is 1. The molecule has 0 atom stereocenters. The molecule has 0 saturated carbocycles. The number of pyridine rings is 1. The van der Waals surface area contributed by atoms with Crippen LogP contribution in [0.15, 0.2) is 18.3 Å². The highest BCUT2D eigenvalue weighted by Crippen LogP contribution is 2.20. The van der Waals surface area contributed by atoms with E-state index in [9.17, 15) is 9.59 Å². The SMILES string of the molecule is CCOc1ncccc1NC(=O)CCCC(=O)O. The van der Waals surface area contributed by atoms with Gasteiger partial charge in [0.2, 0.25) is 11.8 Å². The van der Waals surface area contributed by atoms with E-state index in [-0.39, 0.29) is 18.7 Å². The molecule has 1 amide bonds. The van der Waals surface area contributed by atoms with Crippen molar-refractivity contribution in [1.29, 1.82) is 0 Å². The van der Waals surface area contributed by atoms with Gasteiger partial charge in [0.05, 0.1) is 6.61 Å². The third kappa shape index (κ3) is 4.82. The average molecular weight is 252 g/mol. The van der Waals surface area contributed by atoms with Crippen molar-refractivity contribution < 1.29 is 19.4 Å². The lowest BCUT2D eigenvalue weighted by Gasteiger charge is -2.09. The molecular weight excluding hydrogens is 236 g/mol. The number of carboxylic acids is 1. The highest BCUT2D eigenvalue weighted by atomic mass is 16.5. The van der Waals surface area contributed by atoms with Crippen LogP contribution in [0.5, 0.6) is 5.88 Å². The van der Waals surface area contributed by atoms with Gasteiger partial charge in [0.1, 0.15) is 5.69 Å². The maximum atomic E-state index is 11.6. The lowest BCUT2D eigenvalue weighted by atomic mass is 10.2. The van der Waals surface area contributed by atoms with Crippen LogP contribution in [0, 0.1) is 0 Å². The topological polar surface area (TPSA) is 88.5 Å². The molecule has 0 aliphatic heterocycles. The first-order valence-corrected chi connectivity index (χ1v) is 5.73. The Balaban J connectivity index is 2.50. The fraction of sp³-hybridized carbons (Fsp3) is 0.417. The zero-order valence-corrected chi connectivity index (χ0v) is 10.2. The van der Waals surface area contributed by atoms with E-state index in [1.54, 1.807) is 18.3 Å². The van der Waals surface area contributed by atoms with E-state index in [1.165, 1.54) is 0 Å². The first-order chi connectivity index (χ1) is 8.63. The second kappa shape index (κ2) is 7.26. The first kappa shape index (κ1) is 14.0. The molecule has 1 heterocycles. The number of hydrogen-bond donors (Lipinski definition) is 2. The predicted octanol–water partition coefficient (Wildman–Crippen LogP) is 1.67. The Morgan fingerprint density at radius 3 is 2.89 bits per heavy atom. The van der Waals surface area contributed by atoms with Crippen LogP contribution < -0.4 is 10.1 Å². The zero-order valence-electron chi connectivity index (χ0n) is 10.2. The van der Waals surface area contributed by atoms with Crippen molar-refractivity contribution in [3.8, 4) is 5.88 Å². The molecule has 2 N–H and O–H groups in total.